The zero-order chi connectivity index (χ0) is 28.5. The van der Waals surface area contributed by atoms with E-state index in [1.54, 1.807) is 13.8 Å². The van der Waals surface area contributed by atoms with Crippen molar-refractivity contribution in [3.05, 3.63) is 0 Å². The number of nitrogens with zero attached hydrogens (tertiary/aromatic N) is 1. The topological polar surface area (TPSA) is 284 Å². The number of primary amides is 1. The first-order valence-electron chi connectivity index (χ1n) is 12.2. The van der Waals surface area contributed by atoms with Crippen molar-refractivity contribution < 1.29 is 29.1 Å². The van der Waals surface area contributed by atoms with Crippen LogP contribution in [0.25, 0.3) is 0 Å². The second kappa shape index (κ2) is 17.9. The van der Waals surface area contributed by atoms with Crippen molar-refractivity contribution in [1.82, 2.24) is 16.0 Å². The molecule has 0 bridgehead atoms. The van der Waals surface area contributed by atoms with Gasteiger partial charge >= 0.3 is 5.97 Å². The van der Waals surface area contributed by atoms with Crippen LogP contribution in [0.3, 0.4) is 0 Å². The van der Waals surface area contributed by atoms with Crippen LogP contribution >= 0.6 is 0 Å². The number of hydrogen-bond acceptors (Lipinski definition) is 8. The van der Waals surface area contributed by atoms with Crippen molar-refractivity contribution in [2.45, 2.75) is 83.0 Å². The highest BCUT2D eigenvalue weighted by Gasteiger charge is 2.31. The second-order valence-electron chi connectivity index (χ2n) is 9.04. The lowest BCUT2D eigenvalue weighted by atomic mass is 10.0. The first kappa shape index (κ1) is 33.5. The van der Waals surface area contributed by atoms with Crippen LogP contribution in [-0.2, 0) is 24.0 Å². The number of nitrogens with two attached hydrogens (primary N) is 5. The molecular formula is C22H43N9O6. The minimum atomic E-state index is -1.37. The van der Waals surface area contributed by atoms with Crippen molar-refractivity contribution in [2.75, 3.05) is 13.1 Å². The van der Waals surface area contributed by atoms with Crippen molar-refractivity contribution in [3.63, 3.8) is 0 Å². The van der Waals surface area contributed by atoms with Gasteiger partial charge in [-0.15, -0.1) is 0 Å². The van der Waals surface area contributed by atoms with Crippen LogP contribution in [0.5, 0.6) is 0 Å². The van der Waals surface area contributed by atoms with Gasteiger partial charge in [0, 0.05) is 13.0 Å². The fraction of sp³-hybridized carbons (Fsp3) is 0.727. The average Bonchev–Trinajstić information content (AvgIpc) is 2.80. The van der Waals surface area contributed by atoms with Crippen LogP contribution in [0.1, 0.15) is 58.8 Å². The second-order valence-corrected chi connectivity index (χ2v) is 9.04. The molecule has 15 heteroatoms. The Morgan fingerprint density at radius 3 is 1.95 bits per heavy atom. The molecule has 14 N–H and O–H groups in total. The molecule has 4 unspecified atom stereocenters. The van der Waals surface area contributed by atoms with Crippen molar-refractivity contribution in [3.8, 4) is 0 Å². The Hall–Kier alpha value is -3.46. The summed E-state index contributed by atoms with van der Waals surface area (Å²) in [6, 6.07) is -4.38. The summed E-state index contributed by atoms with van der Waals surface area (Å²) in [6.07, 6.45) is 1.68. The number of unbranched alkanes of at least 4 members (excludes halogenated alkanes) is 1. The Morgan fingerprint density at radius 2 is 1.43 bits per heavy atom. The summed E-state index contributed by atoms with van der Waals surface area (Å²) in [5.74, 6) is -4.47. The monoisotopic (exact) mass is 529 g/mol. The molecular weight excluding hydrogens is 486 g/mol. The van der Waals surface area contributed by atoms with Gasteiger partial charge in [-0.05, 0) is 51.0 Å². The minimum absolute atomic E-state index is 0.0686. The molecule has 0 saturated carbocycles. The predicted molar refractivity (Wildman–Crippen MR) is 137 cm³/mol. The third-order valence-corrected chi connectivity index (χ3v) is 5.43. The van der Waals surface area contributed by atoms with E-state index < -0.39 is 59.7 Å². The van der Waals surface area contributed by atoms with Gasteiger partial charge in [-0.25, -0.2) is 4.79 Å². The molecule has 0 aromatic carbocycles. The van der Waals surface area contributed by atoms with Gasteiger partial charge in [0.05, 0.1) is 6.04 Å². The number of carbonyl (C=O) groups excluding carboxylic acids is 4. The average molecular weight is 530 g/mol. The van der Waals surface area contributed by atoms with E-state index in [4.69, 9.17) is 28.7 Å². The number of aliphatic carboxylic acids is 1. The highest BCUT2D eigenvalue weighted by atomic mass is 16.4. The molecule has 15 nitrogen and oxygen atoms in total. The van der Waals surface area contributed by atoms with E-state index in [0.717, 1.165) is 0 Å². The Bertz CT molecular complexity index is 802. The van der Waals surface area contributed by atoms with E-state index in [9.17, 15) is 29.1 Å². The number of guanidine groups is 1. The minimum Gasteiger partial charge on any atom is -0.480 e. The van der Waals surface area contributed by atoms with Crippen LogP contribution < -0.4 is 44.6 Å². The van der Waals surface area contributed by atoms with Gasteiger partial charge in [0.1, 0.15) is 18.1 Å². The lowest BCUT2D eigenvalue weighted by molar-refractivity contribution is -0.143. The number of carboxylic acids is 1. The van der Waals surface area contributed by atoms with Gasteiger partial charge in [-0.1, -0.05) is 13.8 Å². The summed E-state index contributed by atoms with van der Waals surface area (Å²) in [5.41, 5.74) is 27.1. The molecule has 0 aromatic rings. The lowest BCUT2D eigenvalue weighted by Gasteiger charge is -2.27. The molecule has 0 aromatic heterocycles. The van der Waals surface area contributed by atoms with Gasteiger partial charge in [-0.3, -0.25) is 24.2 Å². The molecule has 0 heterocycles. The zero-order valence-electron chi connectivity index (χ0n) is 21.6. The molecule has 0 spiro atoms. The highest BCUT2D eigenvalue weighted by Crippen LogP contribution is 2.08. The standard InChI is InChI=1S/C22H43N9O6/c1-12(2)17(20(35)30-15(21(36)37)8-9-16(25)32)31-19(34)14(7-3-4-10-23)29-18(33)13(24)6-5-11-28-22(26)27/h12-15,17H,3-11,23-24H2,1-2H3,(H2,25,32)(H,29,33)(H,30,35)(H,31,34)(H,36,37)(H4,26,27,28). The third kappa shape index (κ3) is 14.6. The molecule has 212 valence electrons. The molecule has 0 saturated heterocycles. The van der Waals surface area contributed by atoms with Gasteiger partial charge in [0.25, 0.3) is 0 Å². The van der Waals surface area contributed by atoms with Gasteiger partial charge < -0.3 is 49.7 Å². The number of carboxylic acid groups (broad SMARTS) is 1. The Morgan fingerprint density at radius 1 is 0.811 bits per heavy atom. The van der Waals surface area contributed by atoms with Crippen molar-refractivity contribution in [2.24, 2.45) is 39.6 Å². The Balaban J connectivity index is 5.36. The maximum Gasteiger partial charge on any atom is 0.326 e. The van der Waals surface area contributed by atoms with Crippen LogP contribution in [0, 0.1) is 5.92 Å². The molecule has 0 aliphatic heterocycles. The van der Waals surface area contributed by atoms with E-state index in [0.29, 0.717) is 32.4 Å². The van der Waals surface area contributed by atoms with E-state index in [1.807, 2.05) is 0 Å². The predicted octanol–water partition coefficient (Wildman–Crippen LogP) is -3.04. The zero-order valence-corrected chi connectivity index (χ0v) is 21.6. The summed E-state index contributed by atoms with van der Waals surface area (Å²) in [5, 5.41) is 16.9. The number of rotatable bonds is 19. The molecule has 0 aliphatic rings. The van der Waals surface area contributed by atoms with E-state index in [1.165, 1.54) is 0 Å². The van der Waals surface area contributed by atoms with Crippen LogP contribution in [0.4, 0.5) is 0 Å². The number of nitrogens with one attached hydrogen (secondary N) is 3. The summed E-state index contributed by atoms with van der Waals surface area (Å²) >= 11 is 0. The van der Waals surface area contributed by atoms with E-state index in [2.05, 4.69) is 20.9 Å². The molecule has 0 rings (SSSR count). The number of amides is 4. The fourth-order valence-electron chi connectivity index (χ4n) is 3.29. The van der Waals surface area contributed by atoms with Crippen LogP contribution in [-0.4, -0.2) is 77.9 Å². The first-order chi connectivity index (χ1) is 17.3. The van der Waals surface area contributed by atoms with Gasteiger partial charge in [-0.2, -0.15) is 0 Å². The Labute approximate surface area is 216 Å². The van der Waals surface area contributed by atoms with Gasteiger partial charge in [0.15, 0.2) is 5.96 Å². The lowest BCUT2D eigenvalue weighted by Crippen LogP contribution is -2.58. The molecule has 4 atom stereocenters. The normalized spacial score (nSPS) is 14.1. The maximum atomic E-state index is 13.1. The van der Waals surface area contributed by atoms with E-state index in [-0.39, 0.29) is 31.6 Å². The molecule has 0 fully saturated rings. The maximum absolute atomic E-state index is 13.1. The number of carbonyl (C=O) groups is 5. The summed E-state index contributed by atoms with van der Waals surface area (Å²) in [6.45, 7) is 4.02. The van der Waals surface area contributed by atoms with E-state index >= 15 is 0 Å². The number of hydrogen-bond donors (Lipinski definition) is 9. The first-order valence-corrected chi connectivity index (χ1v) is 12.2. The Kier molecular flexibility index (Phi) is 16.2. The molecule has 0 radical (unpaired) electrons. The van der Waals surface area contributed by atoms with Gasteiger partial charge in [0.2, 0.25) is 23.6 Å². The quantitative estimate of drug-likeness (QED) is 0.0463. The fourth-order valence-corrected chi connectivity index (χ4v) is 3.29. The van der Waals surface area contributed by atoms with Crippen molar-refractivity contribution in [1.29, 1.82) is 0 Å². The largest absolute Gasteiger partial charge is 0.480 e. The molecule has 0 aliphatic carbocycles. The third-order valence-electron chi connectivity index (χ3n) is 5.43. The highest BCUT2D eigenvalue weighted by molar-refractivity contribution is 5.94. The smallest absolute Gasteiger partial charge is 0.326 e. The van der Waals surface area contributed by atoms with Crippen LogP contribution in [0.2, 0.25) is 0 Å². The van der Waals surface area contributed by atoms with Crippen LogP contribution in [0.15, 0.2) is 4.99 Å². The molecule has 4 amide bonds. The summed E-state index contributed by atoms with van der Waals surface area (Å²) < 4.78 is 0. The SMILES string of the molecule is CC(C)C(NC(=O)C(CCCCN)NC(=O)C(N)CCCN=C(N)N)C(=O)NC(CCC(N)=O)C(=O)O. The summed E-state index contributed by atoms with van der Waals surface area (Å²) in [7, 11) is 0. The number of aliphatic imine (C=N–C) groups is 1. The van der Waals surface area contributed by atoms with Crippen molar-refractivity contribution >= 4 is 35.6 Å². The molecule has 37 heavy (non-hydrogen) atoms. The summed E-state index contributed by atoms with van der Waals surface area (Å²) in [4.78, 5) is 64.8.